The minimum atomic E-state index is -0.211. The van der Waals surface area contributed by atoms with Gasteiger partial charge in [0.15, 0.2) is 5.82 Å². The van der Waals surface area contributed by atoms with Crippen LogP contribution in [0.25, 0.3) is 0 Å². The van der Waals surface area contributed by atoms with Gasteiger partial charge in [0, 0.05) is 9.92 Å². The lowest BCUT2D eigenvalue weighted by molar-refractivity contribution is 0.323. The van der Waals surface area contributed by atoms with Crippen molar-refractivity contribution in [1.82, 2.24) is 10.1 Å². The molecule has 1 aromatic carbocycles. The normalized spacial score (nSPS) is 12.9. The number of nitrogens with zero attached hydrogens (tertiary/aromatic N) is 2. The molecule has 1 aromatic heterocycles. The number of hydrogen-bond acceptors (Lipinski definition) is 5. The molecule has 0 aliphatic heterocycles. The number of rotatable bonds is 5. The van der Waals surface area contributed by atoms with E-state index in [-0.39, 0.29) is 12.0 Å². The van der Waals surface area contributed by atoms with E-state index in [2.05, 4.69) is 10.1 Å². The molecule has 2 N–H and O–H groups in total. The van der Waals surface area contributed by atoms with E-state index >= 15 is 0 Å². The molecule has 2 aromatic rings. The third-order valence-corrected chi connectivity index (χ3v) is 3.88. The fraction of sp³-hybridized carbons (Fsp3) is 0.385. The Kier molecular flexibility index (Phi) is 4.85. The number of thioether (sulfide) groups is 1. The highest BCUT2D eigenvalue weighted by atomic mass is 35.5. The van der Waals surface area contributed by atoms with Crippen LogP contribution in [0.1, 0.15) is 31.6 Å². The molecule has 2 rings (SSSR count). The van der Waals surface area contributed by atoms with E-state index in [1.165, 1.54) is 0 Å². The van der Waals surface area contributed by atoms with Crippen molar-refractivity contribution < 1.29 is 4.52 Å². The molecule has 19 heavy (non-hydrogen) atoms. The molecule has 6 heteroatoms. The smallest absolute Gasteiger partial charge is 0.243 e. The van der Waals surface area contributed by atoms with Crippen molar-refractivity contribution in [2.75, 3.05) is 0 Å². The molecule has 0 bridgehead atoms. The van der Waals surface area contributed by atoms with Crippen molar-refractivity contribution in [1.29, 1.82) is 0 Å². The molecule has 0 radical (unpaired) electrons. The van der Waals surface area contributed by atoms with E-state index in [9.17, 15) is 0 Å². The van der Waals surface area contributed by atoms with Crippen molar-refractivity contribution in [3.05, 3.63) is 41.0 Å². The van der Waals surface area contributed by atoms with Crippen LogP contribution in [0.15, 0.2) is 33.7 Å². The molecular formula is C13H16ClN3OS. The Hall–Kier alpha value is -1.04. The molecule has 0 amide bonds. The van der Waals surface area contributed by atoms with Gasteiger partial charge >= 0.3 is 0 Å². The van der Waals surface area contributed by atoms with E-state index in [0.29, 0.717) is 17.5 Å². The predicted molar refractivity (Wildman–Crippen MR) is 77.1 cm³/mol. The summed E-state index contributed by atoms with van der Waals surface area (Å²) in [5.74, 6) is 2.05. The van der Waals surface area contributed by atoms with Crippen LogP contribution in [0.4, 0.5) is 0 Å². The van der Waals surface area contributed by atoms with Gasteiger partial charge in [0.05, 0.1) is 11.8 Å². The third kappa shape index (κ3) is 3.96. The van der Waals surface area contributed by atoms with Gasteiger partial charge in [-0.25, -0.2) is 0 Å². The molecule has 0 aliphatic rings. The van der Waals surface area contributed by atoms with Gasteiger partial charge < -0.3 is 10.3 Å². The monoisotopic (exact) mass is 297 g/mol. The van der Waals surface area contributed by atoms with E-state index in [1.54, 1.807) is 11.8 Å². The maximum atomic E-state index is 5.96. The molecule has 0 aliphatic carbocycles. The Morgan fingerprint density at radius 3 is 2.89 bits per heavy atom. The summed E-state index contributed by atoms with van der Waals surface area (Å²) in [5, 5.41) is 4.66. The lowest BCUT2D eigenvalue weighted by Crippen LogP contribution is -2.17. The van der Waals surface area contributed by atoms with E-state index in [0.717, 1.165) is 9.92 Å². The van der Waals surface area contributed by atoms with Crippen molar-refractivity contribution in [3.8, 4) is 0 Å². The standard InChI is InChI=1S/C13H16ClN3OS/c1-8(2)12(15)13-16-11(17-18-13)7-19-10-5-3-4-9(14)6-10/h3-6,8,12H,7,15H2,1-2H3/t12-/m0/s1. The van der Waals surface area contributed by atoms with Gasteiger partial charge in [-0.3, -0.25) is 0 Å². The first kappa shape index (κ1) is 14.4. The number of benzene rings is 1. The minimum absolute atomic E-state index is 0.211. The fourth-order valence-corrected chi connectivity index (χ4v) is 2.50. The highest BCUT2D eigenvalue weighted by Gasteiger charge is 2.17. The van der Waals surface area contributed by atoms with Crippen molar-refractivity contribution in [2.24, 2.45) is 11.7 Å². The second kappa shape index (κ2) is 6.41. The zero-order valence-corrected chi connectivity index (χ0v) is 12.4. The Bertz CT molecular complexity index is 544. The second-order valence-electron chi connectivity index (χ2n) is 4.56. The molecule has 1 heterocycles. The number of hydrogen-bond donors (Lipinski definition) is 1. The van der Waals surface area contributed by atoms with Crippen LogP contribution < -0.4 is 5.73 Å². The van der Waals surface area contributed by atoms with Gasteiger partial charge in [-0.05, 0) is 24.1 Å². The summed E-state index contributed by atoms with van der Waals surface area (Å²) in [6.45, 7) is 4.05. The average molecular weight is 298 g/mol. The van der Waals surface area contributed by atoms with Gasteiger partial charge in [-0.15, -0.1) is 11.8 Å². The Morgan fingerprint density at radius 2 is 2.21 bits per heavy atom. The minimum Gasteiger partial charge on any atom is -0.338 e. The highest BCUT2D eigenvalue weighted by Crippen LogP contribution is 2.25. The molecule has 0 saturated carbocycles. The van der Waals surface area contributed by atoms with Crippen molar-refractivity contribution in [3.63, 3.8) is 0 Å². The molecule has 0 fully saturated rings. The summed E-state index contributed by atoms with van der Waals surface area (Å²) in [4.78, 5) is 5.39. The van der Waals surface area contributed by atoms with Crippen LogP contribution in [0.2, 0.25) is 5.02 Å². The molecule has 4 nitrogen and oxygen atoms in total. The largest absolute Gasteiger partial charge is 0.338 e. The van der Waals surface area contributed by atoms with Crippen LogP contribution >= 0.6 is 23.4 Å². The molecule has 1 atom stereocenters. The molecular weight excluding hydrogens is 282 g/mol. The van der Waals surface area contributed by atoms with E-state index in [1.807, 2.05) is 38.1 Å². The van der Waals surface area contributed by atoms with Crippen LogP contribution in [0.3, 0.4) is 0 Å². The summed E-state index contributed by atoms with van der Waals surface area (Å²) >= 11 is 7.54. The molecule has 0 spiro atoms. The van der Waals surface area contributed by atoms with Gasteiger partial charge in [-0.2, -0.15) is 4.98 Å². The Labute approximate surface area is 121 Å². The zero-order valence-electron chi connectivity index (χ0n) is 10.8. The molecule has 0 unspecified atom stereocenters. The maximum Gasteiger partial charge on any atom is 0.243 e. The molecule has 102 valence electrons. The SMILES string of the molecule is CC(C)[C@H](N)c1nc(CSc2cccc(Cl)c2)no1. The van der Waals surface area contributed by atoms with Gasteiger partial charge in [0.1, 0.15) is 0 Å². The van der Waals surface area contributed by atoms with Crippen molar-refractivity contribution >= 4 is 23.4 Å². The first-order chi connectivity index (χ1) is 9.06. The van der Waals surface area contributed by atoms with Crippen LogP contribution in [0, 0.1) is 5.92 Å². The zero-order chi connectivity index (χ0) is 13.8. The van der Waals surface area contributed by atoms with E-state index in [4.69, 9.17) is 21.9 Å². The Balaban J connectivity index is 1.97. The number of halogens is 1. The summed E-state index contributed by atoms with van der Waals surface area (Å²) in [6.07, 6.45) is 0. The molecule has 0 saturated heterocycles. The quantitative estimate of drug-likeness (QED) is 0.853. The fourth-order valence-electron chi connectivity index (χ4n) is 1.45. The summed E-state index contributed by atoms with van der Waals surface area (Å²) in [5.41, 5.74) is 5.96. The van der Waals surface area contributed by atoms with Gasteiger partial charge in [-0.1, -0.05) is 36.7 Å². The first-order valence-electron chi connectivity index (χ1n) is 6.02. The van der Waals surface area contributed by atoms with Crippen LogP contribution in [-0.2, 0) is 5.75 Å². The summed E-state index contributed by atoms with van der Waals surface area (Å²) in [6, 6.07) is 7.46. The van der Waals surface area contributed by atoms with Crippen LogP contribution in [0.5, 0.6) is 0 Å². The second-order valence-corrected chi connectivity index (χ2v) is 6.05. The van der Waals surface area contributed by atoms with E-state index < -0.39 is 0 Å². The van der Waals surface area contributed by atoms with Crippen LogP contribution in [-0.4, -0.2) is 10.1 Å². The lowest BCUT2D eigenvalue weighted by Gasteiger charge is -2.09. The summed E-state index contributed by atoms with van der Waals surface area (Å²) in [7, 11) is 0. The topological polar surface area (TPSA) is 64.9 Å². The van der Waals surface area contributed by atoms with Crippen molar-refractivity contribution in [2.45, 2.75) is 30.5 Å². The summed E-state index contributed by atoms with van der Waals surface area (Å²) < 4.78 is 5.17. The Morgan fingerprint density at radius 1 is 1.42 bits per heavy atom. The lowest BCUT2D eigenvalue weighted by atomic mass is 10.1. The first-order valence-corrected chi connectivity index (χ1v) is 7.39. The number of aromatic nitrogens is 2. The maximum absolute atomic E-state index is 5.96. The number of nitrogens with two attached hydrogens (primary N) is 1. The predicted octanol–water partition coefficient (Wildman–Crippen LogP) is 3.67. The van der Waals surface area contributed by atoms with Gasteiger partial charge in [0.2, 0.25) is 5.89 Å². The third-order valence-electron chi connectivity index (χ3n) is 2.65. The van der Waals surface area contributed by atoms with Gasteiger partial charge in [0.25, 0.3) is 0 Å². The highest BCUT2D eigenvalue weighted by molar-refractivity contribution is 7.98. The average Bonchev–Trinajstić information content (AvgIpc) is 2.84.